The van der Waals surface area contributed by atoms with Crippen molar-refractivity contribution < 1.29 is 14.6 Å². The van der Waals surface area contributed by atoms with E-state index in [4.69, 9.17) is 9.84 Å². The van der Waals surface area contributed by atoms with Crippen molar-refractivity contribution in [3.8, 4) is 5.75 Å². The van der Waals surface area contributed by atoms with Crippen LogP contribution in [-0.4, -0.2) is 18.2 Å². The Labute approximate surface area is 114 Å². The Morgan fingerprint density at radius 3 is 2.47 bits per heavy atom. The van der Waals surface area contributed by atoms with E-state index in [0.29, 0.717) is 5.92 Å². The van der Waals surface area contributed by atoms with E-state index in [-0.39, 0.29) is 12.3 Å². The van der Waals surface area contributed by atoms with Crippen molar-refractivity contribution in [2.24, 2.45) is 5.92 Å². The summed E-state index contributed by atoms with van der Waals surface area (Å²) in [6.07, 6.45) is 2.54. The molecule has 1 aromatic rings. The number of ether oxygens (including phenoxy) is 1. The van der Waals surface area contributed by atoms with Crippen LogP contribution in [0.3, 0.4) is 0 Å². The van der Waals surface area contributed by atoms with Crippen LogP contribution in [0.15, 0.2) is 6.07 Å². The number of rotatable bonds is 5. The van der Waals surface area contributed by atoms with E-state index >= 15 is 0 Å². The minimum Gasteiger partial charge on any atom is -0.496 e. The van der Waals surface area contributed by atoms with E-state index in [1.54, 1.807) is 7.11 Å². The first kappa shape index (κ1) is 13.9. The van der Waals surface area contributed by atoms with Gasteiger partial charge in [0.1, 0.15) is 5.75 Å². The van der Waals surface area contributed by atoms with Crippen LogP contribution in [0.1, 0.15) is 47.4 Å². The van der Waals surface area contributed by atoms with Crippen molar-refractivity contribution in [1.29, 1.82) is 0 Å². The predicted octanol–water partition coefficient (Wildman–Crippen LogP) is 3.59. The molecule has 0 bridgehead atoms. The molecular weight excluding hydrogens is 240 g/mol. The largest absolute Gasteiger partial charge is 0.496 e. The average Bonchev–Trinajstić information content (AvgIpc) is 3.15. The minimum absolute atomic E-state index is 0.154. The summed E-state index contributed by atoms with van der Waals surface area (Å²) >= 11 is 0. The lowest BCUT2D eigenvalue weighted by molar-refractivity contribution is -0.137. The predicted molar refractivity (Wildman–Crippen MR) is 74.9 cm³/mol. The second-order valence-corrected chi connectivity index (χ2v) is 5.61. The van der Waals surface area contributed by atoms with E-state index in [1.165, 1.54) is 11.1 Å². The van der Waals surface area contributed by atoms with Crippen LogP contribution in [0.25, 0.3) is 0 Å². The third-order valence-corrected chi connectivity index (χ3v) is 4.26. The van der Waals surface area contributed by atoms with Gasteiger partial charge in [0.2, 0.25) is 0 Å². The van der Waals surface area contributed by atoms with Gasteiger partial charge in [-0.2, -0.15) is 0 Å². The lowest BCUT2D eigenvalue weighted by Crippen LogP contribution is -2.11. The van der Waals surface area contributed by atoms with Crippen LogP contribution in [0.2, 0.25) is 0 Å². The molecule has 0 saturated heterocycles. The standard InChI is InChI=1S/C16H22O3/c1-9-7-13(10(2)11(3)16(9)19-4)14(8-15(17)18)12-5-6-12/h7,12,14H,5-6,8H2,1-4H3,(H,17,18). The molecule has 1 unspecified atom stereocenters. The first-order chi connectivity index (χ1) is 8.95. The van der Waals surface area contributed by atoms with Gasteiger partial charge in [0, 0.05) is 0 Å². The molecule has 0 aromatic heterocycles. The Morgan fingerprint density at radius 2 is 2.00 bits per heavy atom. The zero-order valence-corrected chi connectivity index (χ0v) is 12.1. The Balaban J connectivity index is 2.45. The van der Waals surface area contributed by atoms with Gasteiger partial charge in [0.15, 0.2) is 0 Å². The summed E-state index contributed by atoms with van der Waals surface area (Å²) in [6, 6.07) is 2.12. The van der Waals surface area contributed by atoms with Gasteiger partial charge in [-0.1, -0.05) is 6.07 Å². The summed E-state index contributed by atoms with van der Waals surface area (Å²) in [5.41, 5.74) is 4.60. The molecule has 1 fully saturated rings. The van der Waals surface area contributed by atoms with E-state index in [1.807, 2.05) is 6.92 Å². The molecule has 19 heavy (non-hydrogen) atoms. The molecule has 1 saturated carbocycles. The number of carbonyl (C=O) groups is 1. The molecule has 3 heteroatoms. The van der Waals surface area contributed by atoms with Gasteiger partial charge in [-0.05, 0) is 67.7 Å². The smallest absolute Gasteiger partial charge is 0.303 e. The Hall–Kier alpha value is -1.51. The molecule has 0 radical (unpaired) electrons. The van der Waals surface area contributed by atoms with E-state index in [2.05, 4.69) is 19.9 Å². The normalized spacial score (nSPS) is 16.2. The molecule has 0 heterocycles. The fourth-order valence-electron chi connectivity index (χ4n) is 3.01. The molecule has 0 aliphatic heterocycles. The summed E-state index contributed by atoms with van der Waals surface area (Å²) in [5.74, 6) is 0.913. The number of methoxy groups -OCH3 is 1. The van der Waals surface area contributed by atoms with Crippen molar-refractivity contribution in [1.82, 2.24) is 0 Å². The third kappa shape index (κ3) is 2.75. The van der Waals surface area contributed by atoms with Gasteiger partial charge in [-0.15, -0.1) is 0 Å². The summed E-state index contributed by atoms with van der Waals surface area (Å²) in [5, 5.41) is 9.13. The van der Waals surface area contributed by atoms with Crippen LogP contribution >= 0.6 is 0 Å². The monoisotopic (exact) mass is 262 g/mol. The lowest BCUT2D eigenvalue weighted by Gasteiger charge is -2.21. The zero-order chi connectivity index (χ0) is 14.2. The number of aliphatic carboxylic acids is 1. The van der Waals surface area contributed by atoms with Crippen LogP contribution < -0.4 is 4.74 Å². The highest BCUT2D eigenvalue weighted by molar-refractivity contribution is 5.68. The summed E-state index contributed by atoms with van der Waals surface area (Å²) in [7, 11) is 1.68. The quantitative estimate of drug-likeness (QED) is 0.882. The van der Waals surface area contributed by atoms with Crippen molar-refractivity contribution in [3.05, 3.63) is 28.3 Å². The number of carboxylic acids is 1. The molecule has 0 spiro atoms. The van der Waals surface area contributed by atoms with Crippen LogP contribution in [0, 0.1) is 26.7 Å². The minimum atomic E-state index is -0.706. The molecule has 0 amide bonds. The van der Waals surface area contributed by atoms with Gasteiger partial charge >= 0.3 is 5.97 Å². The Kier molecular flexibility index (Phi) is 3.83. The van der Waals surface area contributed by atoms with Crippen molar-refractivity contribution in [2.45, 2.75) is 46.0 Å². The number of hydrogen-bond donors (Lipinski definition) is 1. The Morgan fingerprint density at radius 1 is 1.37 bits per heavy atom. The fourth-order valence-corrected chi connectivity index (χ4v) is 3.01. The lowest BCUT2D eigenvalue weighted by atomic mass is 9.85. The van der Waals surface area contributed by atoms with Crippen molar-refractivity contribution in [3.63, 3.8) is 0 Å². The maximum atomic E-state index is 11.1. The molecule has 1 atom stereocenters. The summed E-state index contributed by atoms with van der Waals surface area (Å²) < 4.78 is 5.43. The first-order valence-electron chi connectivity index (χ1n) is 6.82. The maximum Gasteiger partial charge on any atom is 0.303 e. The number of aryl methyl sites for hydroxylation is 1. The molecule has 1 aromatic carbocycles. The number of carboxylic acid groups (broad SMARTS) is 1. The topological polar surface area (TPSA) is 46.5 Å². The molecule has 104 valence electrons. The molecule has 2 rings (SSSR count). The van der Waals surface area contributed by atoms with Crippen molar-refractivity contribution in [2.75, 3.05) is 7.11 Å². The van der Waals surface area contributed by atoms with Crippen molar-refractivity contribution >= 4 is 5.97 Å². The number of hydrogen-bond acceptors (Lipinski definition) is 2. The third-order valence-electron chi connectivity index (χ3n) is 4.26. The van der Waals surface area contributed by atoms with Crippen LogP contribution in [0.5, 0.6) is 5.75 Å². The zero-order valence-electron chi connectivity index (χ0n) is 12.1. The van der Waals surface area contributed by atoms with Crippen LogP contribution in [0.4, 0.5) is 0 Å². The first-order valence-corrected chi connectivity index (χ1v) is 6.82. The molecular formula is C16H22O3. The van der Waals surface area contributed by atoms with E-state index in [0.717, 1.165) is 29.7 Å². The second kappa shape index (κ2) is 5.24. The van der Waals surface area contributed by atoms with Crippen LogP contribution in [-0.2, 0) is 4.79 Å². The van der Waals surface area contributed by atoms with Gasteiger partial charge in [-0.25, -0.2) is 0 Å². The summed E-state index contributed by atoms with van der Waals surface area (Å²) in [6.45, 7) is 6.15. The average molecular weight is 262 g/mol. The highest BCUT2D eigenvalue weighted by atomic mass is 16.5. The molecule has 1 aliphatic rings. The molecule has 3 nitrogen and oxygen atoms in total. The maximum absolute atomic E-state index is 11.1. The number of benzene rings is 1. The second-order valence-electron chi connectivity index (χ2n) is 5.61. The highest BCUT2D eigenvalue weighted by Crippen LogP contribution is 2.46. The fraction of sp³-hybridized carbons (Fsp3) is 0.562. The highest BCUT2D eigenvalue weighted by Gasteiger charge is 2.35. The molecule has 1 N–H and O–H groups in total. The Bertz CT molecular complexity index is 501. The van der Waals surface area contributed by atoms with Gasteiger partial charge in [0.05, 0.1) is 13.5 Å². The van der Waals surface area contributed by atoms with Gasteiger partial charge < -0.3 is 9.84 Å². The van der Waals surface area contributed by atoms with E-state index < -0.39 is 5.97 Å². The van der Waals surface area contributed by atoms with E-state index in [9.17, 15) is 4.79 Å². The summed E-state index contributed by atoms with van der Waals surface area (Å²) in [4.78, 5) is 11.1. The van der Waals surface area contributed by atoms with Gasteiger partial charge in [0.25, 0.3) is 0 Å². The SMILES string of the molecule is COc1c(C)cc(C(CC(=O)O)C2CC2)c(C)c1C. The molecule has 1 aliphatic carbocycles. The van der Waals surface area contributed by atoms with Gasteiger partial charge in [-0.3, -0.25) is 4.79 Å².